The molecule has 0 aliphatic heterocycles. The number of pyridine rings is 2. The van der Waals surface area contributed by atoms with Crippen molar-refractivity contribution in [3.05, 3.63) is 174 Å². The van der Waals surface area contributed by atoms with Crippen molar-refractivity contribution in [3.63, 3.8) is 0 Å². The van der Waals surface area contributed by atoms with Crippen LogP contribution in [0.25, 0.3) is 0 Å². The number of allylic oxidation sites excluding steroid dienone is 1. The minimum absolute atomic E-state index is 0.258. The number of hydrogen-bond donors (Lipinski definition) is 1. The highest BCUT2D eigenvalue weighted by Gasteiger charge is 2.21. The first-order valence-corrected chi connectivity index (χ1v) is 23.4. The van der Waals surface area contributed by atoms with Crippen molar-refractivity contribution >= 4 is 39.7 Å². The Labute approximate surface area is 398 Å². The molecule has 4 aromatic carbocycles. The highest BCUT2D eigenvalue weighted by Crippen LogP contribution is 2.38. The number of anilines is 3. The summed E-state index contributed by atoms with van der Waals surface area (Å²) < 4.78 is 35.6. The van der Waals surface area contributed by atoms with E-state index in [2.05, 4.69) is 85.8 Å². The average molecular weight is 989 g/mol. The fourth-order valence-electron chi connectivity index (χ4n) is 7.43. The predicted octanol–water partition coefficient (Wildman–Crippen LogP) is 13.5. The molecule has 0 bridgehead atoms. The Morgan fingerprint density at radius 2 is 1.25 bits per heavy atom. The fourth-order valence-corrected chi connectivity index (χ4v) is 7.79. The van der Waals surface area contributed by atoms with E-state index >= 15 is 0 Å². The Kier molecular flexibility index (Phi) is 19.7. The molecule has 65 heavy (non-hydrogen) atoms. The van der Waals surface area contributed by atoms with E-state index in [9.17, 15) is 0 Å². The van der Waals surface area contributed by atoms with Crippen LogP contribution in [0.5, 0.6) is 34.5 Å². The zero-order valence-corrected chi connectivity index (χ0v) is 39.9. The van der Waals surface area contributed by atoms with Gasteiger partial charge in [-0.05, 0) is 177 Å². The molecule has 8 rings (SSSR count). The second-order valence-electron chi connectivity index (χ2n) is 15.5. The molecule has 0 atom stereocenters. The Bertz CT molecular complexity index is 2320. The summed E-state index contributed by atoms with van der Waals surface area (Å²) in [6.07, 6.45) is 22.6. The van der Waals surface area contributed by atoms with Crippen LogP contribution < -0.4 is 38.6 Å². The average Bonchev–Trinajstić information content (AvgIpc) is 4.08. The first-order valence-electron chi connectivity index (χ1n) is 22.3. The van der Waals surface area contributed by atoms with Gasteiger partial charge in [-0.25, -0.2) is 0 Å². The van der Waals surface area contributed by atoms with Crippen LogP contribution in [0.3, 0.4) is 0 Å². The molecule has 2 aromatic heterocycles. The zero-order chi connectivity index (χ0) is 45.5. The number of benzene rings is 4. The zero-order valence-electron chi connectivity index (χ0n) is 37.7. The van der Waals surface area contributed by atoms with Crippen LogP contribution in [0.2, 0.25) is 0 Å². The molecule has 2 aliphatic carbocycles. The summed E-state index contributed by atoms with van der Waals surface area (Å²) in [5.41, 5.74) is 5.38. The molecule has 11 heteroatoms. The van der Waals surface area contributed by atoms with Crippen molar-refractivity contribution in [2.75, 3.05) is 31.0 Å². The van der Waals surface area contributed by atoms with Crippen molar-refractivity contribution in [3.8, 4) is 34.5 Å². The summed E-state index contributed by atoms with van der Waals surface area (Å²) in [4.78, 5) is 10.7. The van der Waals surface area contributed by atoms with Gasteiger partial charge < -0.3 is 38.6 Å². The normalized spacial score (nSPS) is 13.4. The minimum atomic E-state index is 0.258. The number of aromatic nitrogens is 2. The van der Waals surface area contributed by atoms with E-state index < -0.39 is 0 Å². The third-order valence-electron chi connectivity index (χ3n) is 10.8. The first kappa shape index (κ1) is 48.3. The van der Waals surface area contributed by atoms with Crippen molar-refractivity contribution < 1.29 is 28.4 Å². The quantitative estimate of drug-likeness (QED) is 0.0509. The van der Waals surface area contributed by atoms with Gasteiger partial charge in [0, 0.05) is 70.6 Å². The summed E-state index contributed by atoms with van der Waals surface area (Å²) in [7, 11) is 3.37. The van der Waals surface area contributed by atoms with E-state index in [0.717, 1.165) is 94.9 Å². The second kappa shape index (κ2) is 26.5. The summed E-state index contributed by atoms with van der Waals surface area (Å²) in [6, 6.07) is 36.2. The maximum absolute atomic E-state index is 6.35. The van der Waals surface area contributed by atoms with E-state index in [1.807, 2.05) is 98.2 Å². The molecule has 0 amide bonds. The number of hydrogen-bond acceptors (Lipinski definition) is 10. The number of halogens is 1. The highest BCUT2D eigenvalue weighted by atomic mass is 127. The van der Waals surface area contributed by atoms with E-state index in [0.29, 0.717) is 19.3 Å². The first-order chi connectivity index (χ1) is 31.9. The van der Waals surface area contributed by atoms with E-state index in [4.69, 9.17) is 28.4 Å². The Morgan fingerprint density at radius 3 is 1.82 bits per heavy atom. The molecule has 0 radical (unpaired) electrons. The number of ether oxygens (including phenoxy) is 6. The molecule has 2 heterocycles. The molecule has 1 N–H and O–H groups in total. The Balaban J connectivity index is 0.000000182. The van der Waals surface area contributed by atoms with Gasteiger partial charge in [0.25, 0.3) is 0 Å². The second-order valence-corrected chi connectivity index (χ2v) is 16.8. The van der Waals surface area contributed by atoms with Crippen LogP contribution in [0, 0.1) is 3.57 Å². The molecule has 0 saturated heterocycles. The predicted molar refractivity (Wildman–Crippen MR) is 270 cm³/mol. The molecule has 2 fully saturated rings. The Morgan fingerprint density at radius 1 is 0.677 bits per heavy atom. The number of rotatable bonds is 18. The van der Waals surface area contributed by atoms with Gasteiger partial charge in [0.2, 0.25) is 0 Å². The van der Waals surface area contributed by atoms with Crippen molar-refractivity contribution in [1.29, 1.82) is 0 Å². The molecule has 0 unspecified atom stereocenters. The van der Waals surface area contributed by atoms with Crippen molar-refractivity contribution in [2.24, 2.45) is 0 Å². The van der Waals surface area contributed by atoms with Gasteiger partial charge in [-0.3, -0.25) is 9.97 Å². The SMILES string of the molecule is C=CCOc1ccc(I)cc1.CC=COc1ccc(N(Cc2cccnc2)c2ccc(OC)c(OC3CCCC3)c2)cc1.COc1ccc(NCc2cccnc2)cc1OC1CCCC1. The molecule has 10 nitrogen and oxygen atoms in total. The standard InChI is InChI=1S/C27H30N2O3.C18H22N2O2.C9H9IO/c1-3-17-31-24-13-10-22(11-14-24)29(20-21-7-6-16-28-19-21)23-12-15-26(30-2)27(18-23)32-25-8-4-5-9-25;1-21-17-9-8-15(20-13-14-5-4-10-19-12-14)11-18(17)22-16-6-2-3-7-16;1-2-7-11-9-5-3-8(10)4-6-9/h3,6-7,10-19,25H,4-5,8-9,20H2,1-2H3;4-5,8-12,16,20H,2-3,6-7,13H2,1H3;2-6H,1,7H2. The minimum Gasteiger partial charge on any atom is -0.493 e. The van der Waals surface area contributed by atoms with Crippen LogP contribution in [-0.4, -0.2) is 43.0 Å². The van der Waals surface area contributed by atoms with Crippen LogP contribution in [0.4, 0.5) is 17.1 Å². The van der Waals surface area contributed by atoms with E-state index in [1.54, 1.807) is 39.0 Å². The third-order valence-corrected chi connectivity index (χ3v) is 11.5. The van der Waals surface area contributed by atoms with Gasteiger partial charge >= 0.3 is 0 Å². The topological polar surface area (TPSA) is 96.4 Å². The summed E-state index contributed by atoms with van der Waals surface area (Å²) in [6.45, 7) is 7.48. The molecule has 0 spiro atoms. The molecule has 6 aromatic rings. The molecular weight excluding hydrogens is 928 g/mol. The number of nitrogens with zero attached hydrogens (tertiary/aromatic N) is 3. The lowest BCUT2D eigenvalue weighted by atomic mass is 10.1. The smallest absolute Gasteiger partial charge is 0.163 e. The summed E-state index contributed by atoms with van der Waals surface area (Å²) in [5, 5.41) is 3.40. The van der Waals surface area contributed by atoms with Crippen molar-refractivity contribution in [1.82, 2.24) is 9.97 Å². The third kappa shape index (κ3) is 15.8. The van der Waals surface area contributed by atoms with Gasteiger partial charge in [0.1, 0.15) is 18.1 Å². The fraction of sp³-hybridized carbons (Fsp3) is 0.296. The number of nitrogens with one attached hydrogen (secondary N) is 1. The van der Waals surface area contributed by atoms with Gasteiger partial charge in [-0.2, -0.15) is 0 Å². The molecule has 340 valence electrons. The van der Waals surface area contributed by atoms with Crippen LogP contribution in [0.15, 0.2) is 159 Å². The van der Waals surface area contributed by atoms with Gasteiger partial charge in [0.05, 0.1) is 32.7 Å². The maximum Gasteiger partial charge on any atom is 0.163 e. The van der Waals surface area contributed by atoms with Crippen LogP contribution in [-0.2, 0) is 13.1 Å². The molecule has 2 saturated carbocycles. The largest absolute Gasteiger partial charge is 0.493 e. The molecule has 2 aliphatic rings. The van der Waals surface area contributed by atoms with Crippen molar-refractivity contribution in [2.45, 2.75) is 83.6 Å². The number of methoxy groups -OCH3 is 2. The lowest BCUT2D eigenvalue weighted by Gasteiger charge is -2.27. The van der Waals surface area contributed by atoms with E-state index in [1.165, 1.54) is 29.3 Å². The van der Waals surface area contributed by atoms with E-state index in [-0.39, 0.29) is 6.10 Å². The lowest BCUT2D eigenvalue weighted by molar-refractivity contribution is 0.201. The van der Waals surface area contributed by atoms with Crippen LogP contribution >= 0.6 is 22.6 Å². The van der Waals surface area contributed by atoms with Gasteiger partial charge in [0.15, 0.2) is 23.0 Å². The van der Waals surface area contributed by atoms with Gasteiger partial charge in [-0.1, -0.05) is 30.9 Å². The van der Waals surface area contributed by atoms with Gasteiger partial charge in [-0.15, -0.1) is 0 Å². The Hall–Kier alpha value is -6.21. The highest BCUT2D eigenvalue weighted by molar-refractivity contribution is 14.1. The summed E-state index contributed by atoms with van der Waals surface area (Å²) in [5.74, 6) is 4.86. The monoisotopic (exact) mass is 988 g/mol. The molecular formula is C54H61IN4O6. The van der Waals surface area contributed by atoms with Crippen LogP contribution in [0.1, 0.15) is 69.4 Å². The maximum atomic E-state index is 6.35. The summed E-state index contributed by atoms with van der Waals surface area (Å²) >= 11 is 2.26. The lowest BCUT2D eigenvalue weighted by Crippen LogP contribution is -2.17.